The Morgan fingerprint density at radius 1 is 1.25 bits per heavy atom. The van der Waals surface area contributed by atoms with Gasteiger partial charge in [-0.05, 0) is 12.5 Å². The Morgan fingerprint density at radius 3 is 2.70 bits per heavy atom. The summed E-state index contributed by atoms with van der Waals surface area (Å²) in [5.74, 6) is -1.61. The fraction of sp³-hybridized carbons (Fsp3) is 0.143. The molecule has 6 heteroatoms. The monoisotopic (exact) mass is 271 g/mol. The van der Waals surface area contributed by atoms with Crippen LogP contribution in [0, 0.1) is 6.92 Å². The lowest BCUT2D eigenvalue weighted by molar-refractivity contribution is -0.115. The van der Waals surface area contributed by atoms with Crippen LogP contribution in [0.25, 0.3) is 0 Å². The van der Waals surface area contributed by atoms with Crippen molar-refractivity contribution < 1.29 is 14.7 Å². The first kappa shape index (κ1) is 13.7. The topological polar surface area (TPSA) is 92.2 Å². The van der Waals surface area contributed by atoms with Crippen LogP contribution < -0.4 is 5.32 Å². The molecule has 2 aromatic rings. The molecule has 0 saturated heterocycles. The van der Waals surface area contributed by atoms with Gasteiger partial charge in [0.1, 0.15) is 0 Å². The van der Waals surface area contributed by atoms with Gasteiger partial charge < -0.3 is 10.4 Å². The zero-order valence-corrected chi connectivity index (χ0v) is 10.8. The van der Waals surface area contributed by atoms with E-state index in [0.29, 0.717) is 0 Å². The Kier molecular flexibility index (Phi) is 4.05. The van der Waals surface area contributed by atoms with Crippen molar-refractivity contribution in [3.05, 3.63) is 53.5 Å². The van der Waals surface area contributed by atoms with E-state index in [4.69, 9.17) is 5.11 Å². The van der Waals surface area contributed by atoms with E-state index < -0.39 is 5.97 Å². The normalized spacial score (nSPS) is 10.1. The molecule has 0 aliphatic heterocycles. The van der Waals surface area contributed by atoms with Gasteiger partial charge >= 0.3 is 5.97 Å². The Hall–Kier alpha value is -2.76. The lowest BCUT2D eigenvalue weighted by Gasteiger charge is -2.06. The molecule has 0 fully saturated rings. The van der Waals surface area contributed by atoms with E-state index in [1.54, 1.807) is 0 Å². The first-order chi connectivity index (χ1) is 9.56. The van der Waals surface area contributed by atoms with Crippen molar-refractivity contribution in [2.75, 3.05) is 5.32 Å². The fourth-order valence-electron chi connectivity index (χ4n) is 1.77. The number of hydrogen-bond donors (Lipinski definition) is 2. The summed E-state index contributed by atoms with van der Waals surface area (Å²) >= 11 is 0. The van der Waals surface area contributed by atoms with Gasteiger partial charge in [0.2, 0.25) is 5.91 Å². The van der Waals surface area contributed by atoms with Gasteiger partial charge in [0.15, 0.2) is 11.5 Å². The Bertz CT molecular complexity index is 656. The molecule has 6 nitrogen and oxygen atoms in total. The molecule has 0 saturated carbocycles. The highest BCUT2D eigenvalue weighted by molar-refractivity contribution is 5.98. The van der Waals surface area contributed by atoms with Gasteiger partial charge in [0.25, 0.3) is 0 Å². The minimum absolute atomic E-state index is 0.0438. The number of aryl methyl sites for hydroxylation is 1. The molecule has 2 rings (SSSR count). The van der Waals surface area contributed by atoms with E-state index in [1.807, 2.05) is 31.2 Å². The average Bonchev–Trinajstić information content (AvgIpc) is 2.38. The third kappa shape index (κ3) is 3.38. The highest BCUT2D eigenvalue weighted by atomic mass is 16.4. The van der Waals surface area contributed by atoms with Gasteiger partial charge in [-0.25, -0.2) is 14.8 Å². The van der Waals surface area contributed by atoms with Gasteiger partial charge in [0, 0.05) is 12.4 Å². The molecular formula is C14H13N3O3. The van der Waals surface area contributed by atoms with Crippen molar-refractivity contribution in [3.63, 3.8) is 0 Å². The van der Waals surface area contributed by atoms with E-state index in [0.717, 1.165) is 11.1 Å². The molecular weight excluding hydrogens is 258 g/mol. The second-order valence-corrected chi connectivity index (χ2v) is 4.27. The summed E-state index contributed by atoms with van der Waals surface area (Å²) in [7, 11) is 0. The first-order valence-electron chi connectivity index (χ1n) is 5.96. The highest BCUT2D eigenvalue weighted by Gasteiger charge is 2.15. The predicted molar refractivity (Wildman–Crippen MR) is 72.5 cm³/mol. The van der Waals surface area contributed by atoms with Crippen molar-refractivity contribution in [2.45, 2.75) is 13.3 Å². The quantitative estimate of drug-likeness (QED) is 0.882. The number of carbonyl (C=O) groups is 2. The molecule has 0 aliphatic rings. The van der Waals surface area contributed by atoms with E-state index in [2.05, 4.69) is 15.3 Å². The summed E-state index contributed by atoms with van der Waals surface area (Å²) in [6, 6.07) is 7.53. The predicted octanol–water partition coefficient (Wildman–Crippen LogP) is 1.66. The minimum Gasteiger partial charge on any atom is -0.476 e. The molecule has 0 spiro atoms. The van der Waals surface area contributed by atoms with Crippen LogP contribution in [0.5, 0.6) is 0 Å². The largest absolute Gasteiger partial charge is 0.476 e. The number of benzene rings is 1. The standard InChI is InChI=1S/C14H13N3O3/c1-9-3-2-4-10(7-9)8-11(18)17-13-12(14(19)20)15-5-6-16-13/h2-7H,8H2,1H3,(H,19,20)(H,16,17,18). The molecule has 20 heavy (non-hydrogen) atoms. The molecule has 0 aliphatic carbocycles. The van der Waals surface area contributed by atoms with Crippen molar-refractivity contribution in [3.8, 4) is 0 Å². The molecule has 1 aromatic carbocycles. The number of amides is 1. The van der Waals surface area contributed by atoms with Crippen LogP contribution >= 0.6 is 0 Å². The summed E-state index contributed by atoms with van der Waals surface area (Å²) in [5.41, 5.74) is 1.63. The summed E-state index contributed by atoms with van der Waals surface area (Å²) < 4.78 is 0. The second-order valence-electron chi connectivity index (χ2n) is 4.27. The number of anilines is 1. The van der Waals surface area contributed by atoms with Crippen molar-refractivity contribution in [2.24, 2.45) is 0 Å². The molecule has 0 atom stereocenters. The minimum atomic E-state index is -1.23. The number of carboxylic acids is 1. The number of nitrogens with one attached hydrogen (secondary N) is 1. The summed E-state index contributed by atoms with van der Waals surface area (Å²) in [4.78, 5) is 30.3. The number of aromatic carboxylic acids is 1. The molecule has 1 amide bonds. The number of carbonyl (C=O) groups excluding carboxylic acids is 1. The fourth-order valence-corrected chi connectivity index (χ4v) is 1.77. The molecule has 0 unspecified atom stereocenters. The average molecular weight is 271 g/mol. The number of aromatic nitrogens is 2. The summed E-state index contributed by atoms with van der Waals surface area (Å²) in [6.07, 6.45) is 2.74. The Morgan fingerprint density at radius 2 is 2.00 bits per heavy atom. The van der Waals surface area contributed by atoms with Crippen molar-refractivity contribution in [1.82, 2.24) is 9.97 Å². The van der Waals surface area contributed by atoms with Crippen LogP contribution in [0.1, 0.15) is 21.6 Å². The summed E-state index contributed by atoms with van der Waals surface area (Å²) in [5, 5.41) is 11.4. The Balaban J connectivity index is 2.11. The lowest BCUT2D eigenvalue weighted by atomic mass is 10.1. The zero-order valence-electron chi connectivity index (χ0n) is 10.8. The van der Waals surface area contributed by atoms with Gasteiger partial charge in [-0.1, -0.05) is 29.8 Å². The molecule has 1 aromatic heterocycles. The van der Waals surface area contributed by atoms with Crippen molar-refractivity contribution >= 4 is 17.7 Å². The van der Waals surface area contributed by atoms with Gasteiger partial charge in [-0.15, -0.1) is 0 Å². The van der Waals surface area contributed by atoms with Gasteiger partial charge in [-0.3, -0.25) is 4.79 Å². The van der Waals surface area contributed by atoms with E-state index in [-0.39, 0.29) is 23.8 Å². The van der Waals surface area contributed by atoms with Gasteiger partial charge in [0.05, 0.1) is 6.42 Å². The van der Waals surface area contributed by atoms with E-state index in [9.17, 15) is 9.59 Å². The van der Waals surface area contributed by atoms with Crippen LogP contribution in [-0.2, 0) is 11.2 Å². The number of hydrogen-bond acceptors (Lipinski definition) is 4. The maximum atomic E-state index is 11.9. The molecule has 102 valence electrons. The second kappa shape index (κ2) is 5.92. The van der Waals surface area contributed by atoms with E-state index in [1.165, 1.54) is 12.4 Å². The molecule has 0 bridgehead atoms. The maximum absolute atomic E-state index is 11.9. The number of nitrogens with zero attached hydrogens (tertiary/aromatic N) is 2. The summed E-state index contributed by atoms with van der Waals surface area (Å²) in [6.45, 7) is 1.94. The first-order valence-corrected chi connectivity index (χ1v) is 5.96. The van der Waals surface area contributed by atoms with Crippen molar-refractivity contribution in [1.29, 1.82) is 0 Å². The van der Waals surface area contributed by atoms with Crippen LogP contribution in [-0.4, -0.2) is 27.0 Å². The van der Waals surface area contributed by atoms with Gasteiger partial charge in [-0.2, -0.15) is 0 Å². The maximum Gasteiger partial charge on any atom is 0.358 e. The van der Waals surface area contributed by atoms with Crippen LogP contribution in [0.4, 0.5) is 5.82 Å². The van der Waals surface area contributed by atoms with Crippen LogP contribution in [0.2, 0.25) is 0 Å². The zero-order chi connectivity index (χ0) is 14.5. The SMILES string of the molecule is Cc1cccc(CC(=O)Nc2nccnc2C(=O)O)c1. The van der Waals surface area contributed by atoms with Crippen LogP contribution in [0.3, 0.4) is 0 Å². The highest BCUT2D eigenvalue weighted by Crippen LogP contribution is 2.10. The third-order valence-electron chi connectivity index (χ3n) is 2.61. The molecule has 1 heterocycles. The van der Waals surface area contributed by atoms with Crippen LogP contribution in [0.15, 0.2) is 36.7 Å². The van der Waals surface area contributed by atoms with E-state index >= 15 is 0 Å². The number of carboxylic acid groups (broad SMARTS) is 1. The molecule has 2 N–H and O–H groups in total. The smallest absolute Gasteiger partial charge is 0.358 e. The lowest BCUT2D eigenvalue weighted by Crippen LogP contribution is -2.18. The third-order valence-corrected chi connectivity index (χ3v) is 2.61. The Labute approximate surface area is 115 Å². The molecule has 0 radical (unpaired) electrons. The number of rotatable bonds is 4.